The lowest BCUT2D eigenvalue weighted by molar-refractivity contribution is -0.385. The van der Waals surface area contributed by atoms with Gasteiger partial charge in [-0.15, -0.1) is 0 Å². The molecule has 0 N–H and O–H groups in total. The van der Waals surface area contributed by atoms with E-state index >= 15 is 0 Å². The smallest absolute Gasteiger partial charge is 0.311 e. The zero-order chi connectivity index (χ0) is 15.4. The highest BCUT2D eigenvalue weighted by Crippen LogP contribution is 2.38. The van der Waals surface area contributed by atoms with Crippen LogP contribution in [0.3, 0.4) is 0 Å². The van der Waals surface area contributed by atoms with Gasteiger partial charge >= 0.3 is 5.69 Å². The zero-order valence-electron chi connectivity index (χ0n) is 11.3. The van der Waals surface area contributed by atoms with Gasteiger partial charge in [-0.1, -0.05) is 0 Å². The second-order valence-electron chi connectivity index (χ2n) is 3.99. The molecule has 0 saturated heterocycles. The van der Waals surface area contributed by atoms with Crippen molar-refractivity contribution in [2.75, 3.05) is 14.2 Å². The van der Waals surface area contributed by atoms with Crippen LogP contribution in [-0.2, 0) is 0 Å². The molecule has 0 atom stereocenters. The van der Waals surface area contributed by atoms with Gasteiger partial charge in [0.15, 0.2) is 0 Å². The van der Waals surface area contributed by atoms with Crippen molar-refractivity contribution in [3.63, 3.8) is 0 Å². The monoisotopic (exact) mass is 353 g/mol. The molecule has 0 amide bonds. The van der Waals surface area contributed by atoms with Gasteiger partial charge in [-0.2, -0.15) is 0 Å². The predicted molar refractivity (Wildman–Crippen MR) is 80.4 cm³/mol. The van der Waals surface area contributed by atoms with E-state index in [2.05, 4.69) is 15.9 Å². The summed E-state index contributed by atoms with van der Waals surface area (Å²) in [5, 5.41) is 11.0. The van der Waals surface area contributed by atoms with Crippen LogP contribution >= 0.6 is 15.9 Å². The Hall–Kier alpha value is -2.28. The van der Waals surface area contributed by atoms with Gasteiger partial charge < -0.3 is 14.2 Å². The van der Waals surface area contributed by atoms with Gasteiger partial charge in [-0.3, -0.25) is 10.1 Å². The molecule has 0 radical (unpaired) electrons. The lowest BCUT2D eigenvalue weighted by Crippen LogP contribution is -1.95. The molecular formula is C14H12BrNO5. The normalized spacial score (nSPS) is 10.0. The van der Waals surface area contributed by atoms with E-state index < -0.39 is 4.92 Å². The molecule has 7 heteroatoms. The van der Waals surface area contributed by atoms with Crippen LogP contribution in [-0.4, -0.2) is 19.1 Å². The Morgan fingerprint density at radius 2 is 1.62 bits per heavy atom. The molecule has 0 aliphatic heterocycles. The molecule has 0 unspecified atom stereocenters. The Morgan fingerprint density at radius 3 is 2.19 bits per heavy atom. The number of nitro groups is 1. The lowest BCUT2D eigenvalue weighted by Gasteiger charge is -2.10. The molecular weight excluding hydrogens is 342 g/mol. The first-order chi connectivity index (χ1) is 10.0. The molecule has 0 aromatic heterocycles. The van der Waals surface area contributed by atoms with Crippen molar-refractivity contribution in [3.8, 4) is 23.0 Å². The molecule has 2 aromatic rings. The number of hydrogen-bond acceptors (Lipinski definition) is 5. The van der Waals surface area contributed by atoms with Gasteiger partial charge in [0.25, 0.3) is 0 Å². The maximum absolute atomic E-state index is 11.0. The summed E-state index contributed by atoms with van der Waals surface area (Å²) in [5.41, 5.74) is -0.140. The largest absolute Gasteiger partial charge is 0.497 e. The van der Waals surface area contributed by atoms with Gasteiger partial charge in [0.1, 0.15) is 17.2 Å². The fourth-order valence-electron chi connectivity index (χ4n) is 1.66. The average Bonchev–Trinajstić information content (AvgIpc) is 2.48. The van der Waals surface area contributed by atoms with Gasteiger partial charge in [0.2, 0.25) is 5.75 Å². The number of ether oxygens (including phenoxy) is 3. The third-order valence-corrected chi connectivity index (χ3v) is 3.34. The Morgan fingerprint density at radius 1 is 1.00 bits per heavy atom. The molecule has 0 spiro atoms. The second kappa shape index (κ2) is 6.45. The van der Waals surface area contributed by atoms with Crippen molar-refractivity contribution in [1.82, 2.24) is 0 Å². The number of nitro benzene ring substituents is 1. The number of hydrogen-bond donors (Lipinski definition) is 0. The van der Waals surface area contributed by atoms with Gasteiger partial charge in [-0.25, -0.2) is 0 Å². The number of methoxy groups -OCH3 is 2. The standard InChI is InChI=1S/C14H12BrNO5/c1-19-9-4-6-13(11(15)7-9)21-14-8-10(20-2)3-5-12(14)16(17)18/h3-8H,1-2H3. The van der Waals surface area contributed by atoms with E-state index in [1.165, 1.54) is 25.3 Å². The molecule has 2 rings (SSSR count). The van der Waals surface area contributed by atoms with Gasteiger partial charge in [0.05, 0.1) is 23.6 Å². The first-order valence-electron chi connectivity index (χ1n) is 5.89. The van der Waals surface area contributed by atoms with Crippen molar-refractivity contribution >= 4 is 21.6 Å². The minimum atomic E-state index is -0.508. The fourth-order valence-corrected chi connectivity index (χ4v) is 2.10. The average molecular weight is 354 g/mol. The Balaban J connectivity index is 2.40. The van der Waals surface area contributed by atoms with Crippen LogP contribution in [0.1, 0.15) is 0 Å². The number of benzene rings is 2. The zero-order valence-corrected chi connectivity index (χ0v) is 12.9. The highest BCUT2D eigenvalue weighted by Gasteiger charge is 2.18. The third-order valence-electron chi connectivity index (χ3n) is 2.72. The third kappa shape index (κ3) is 3.43. The Bertz CT molecular complexity index is 674. The maximum atomic E-state index is 11.0. The minimum absolute atomic E-state index is 0.102. The highest BCUT2D eigenvalue weighted by molar-refractivity contribution is 9.10. The quantitative estimate of drug-likeness (QED) is 0.595. The molecule has 2 aromatic carbocycles. The highest BCUT2D eigenvalue weighted by atomic mass is 79.9. The molecule has 0 heterocycles. The van der Waals surface area contributed by atoms with Crippen LogP contribution in [0, 0.1) is 10.1 Å². The molecule has 0 saturated carbocycles. The topological polar surface area (TPSA) is 70.8 Å². The molecule has 0 fully saturated rings. The molecule has 0 aliphatic rings. The molecule has 6 nitrogen and oxygen atoms in total. The first kappa shape index (κ1) is 15.1. The summed E-state index contributed by atoms with van der Waals surface area (Å²) in [6, 6.07) is 9.38. The van der Waals surface area contributed by atoms with Crippen molar-refractivity contribution in [2.45, 2.75) is 0 Å². The van der Waals surface area contributed by atoms with Crippen molar-refractivity contribution in [2.24, 2.45) is 0 Å². The first-order valence-corrected chi connectivity index (χ1v) is 6.68. The number of halogens is 1. The minimum Gasteiger partial charge on any atom is -0.497 e. The van der Waals surface area contributed by atoms with Crippen molar-refractivity contribution in [1.29, 1.82) is 0 Å². The summed E-state index contributed by atoms with van der Waals surface area (Å²) in [6.07, 6.45) is 0. The maximum Gasteiger partial charge on any atom is 0.311 e. The Kier molecular flexibility index (Phi) is 4.64. The second-order valence-corrected chi connectivity index (χ2v) is 4.84. The van der Waals surface area contributed by atoms with Crippen LogP contribution in [0.25, 0.3) is 0 Å². The van der Waals surface area contributed by atoms with E-state index in [-0.39, 0.29) is 11.4 Å². The van der Waals surface area contributed by atoms with Gasteiger partial charge in [-0.05, 0) is 40.2 Å². The molecule has 110 valence electrons. The van der Waals surface area contributed by atoms with Crippen LogP contribution in [0.15, 0.2) is 40.9 Å². The number of nitrogens with zero attached hydrogens (tertiary/aromatic N) is 1. The van der Waals surface area contributed by atoms with E-state index in [0.717, 1.165) is 0 Å². The van der Waals surface area contributed by atoms with Crippen molar-refractivity contribution < 1.29 is 19.1 Å². The van der Waals surface area contributed by atoms with Crippen molar-refractivity contribution in [3.05, 3.63) is 51.0 Å². The van der Waals surface area contributed by atoms with E-state index in [9.17, 15) is 10.1 Å². The molecule has 0 bridgehead atoms. The summed E-state index contributed by atoms with van der Waals surface area (Å²) >= 11 is 3.34. The van der Waals surface area contributed by atoms with Gasteiger partial charge in [0, 0.05) is 12.1 Å². The van der Waals surface area contributed by atoms with Crippen LogP contribution in [0.5, 0.6) is 23.0 Å². The van der Waals surface area contributed by atoms with Crippen LogP contribution < -0.4 is 14.2 Å². The summed E-state index contributed by atoms with van der Waals surface area (Å²) in [7, 11) is 3.03. The van der Waals surface area contributed by atoms with E-state index in [1.807, 2.05) is 0 Å². The summed E-state index contributed by atoms with van der Waals surface area (Å²) in [5.74, 6) is 1.66. The fraction of sp³-hybridized carbons (Fsp3) is 0.143. The summed E-state index contributed by atoms with van der Waals surface area (Å²) < 4.78 is 16.4. The summed E-state index contributed by atoms with van der Waals surface area (Å²) in [4.78, 5) is 10.5. The SMILES string of the molecule is COc1ccc(Oc2cc(OC)ccc2[N+](=O)[O-])c(Br)c1. The summed E-state index contributed by atoms with van der Waals surface area (Å²) in [6.45, 7) is 0. The van der Waals surface area contributed by atoms with E-state index in [4.69, 9.17) is 14.2 Å². The van der Waals surface area contributed by atoms with Crippen LogP contribution in [0.2, 0.25) is 0 Å². The van der Waals surface area contributed by atoms with E-state index in [1.54, 1.807) is 25.3 Å². The van der Waals surface area contributed by atoms with Crippen LogP contribution in [0.4, 0.5) is 5.69 Å². The molecule has 21 heavy (non-hydrogen) atoms. The molecule has 0 aliphatic carbocycles. The predicted octanol–water partition coefficient (Wildman–Crippen LogP) is 4.17. The van der Waals surface area contributed by atoms with E-state index in [0.29, 0.717) is 21.7 Å². The lowest BCUT2D eigenvalue weighted by atomic mass is 10.2. The Labute approximate surface area is 129 Å². The number of rotatable bonds is 5.